The molecule has 22 heavy (non-hydrogen) atoms. The lowest BCUT2D eigenvalue weighted by Gasteiger charge is -2.42. The summed E-state index contributed by atoms with van der Waals surface area (Å²) in [6, 6.07) is 6.87. The van der Waals surface area contributed by atoms with E-state index in [-0.39, 0.29) is 11.3 Å². The maximum Gasteiger partial charge on any atom is 0.248 e. The first-order valence-corrected chi connectivity index (χ1v) is 7.57. The van der Waals surface area contributed by atoms with Crippen LogP contribution < -0.4 is 15.2 Å². The SMILES string of the molecule is COc1cc(-c2cc(=O)[nH]c3c2N2CCC3CC2)ccc1O. The maximum atomic E-state index is 12.1. The van der Waals surface area contributed by atoms with Gasteiger partial charge in [-0.05, 0) is 30.5 Å². The second-order valence-electron chi connectivity index (χ2n) is 5.96. The highest BCUT2D eigenvalue weighted by Crippen LogP contribution is 2.45. The number of hydrogen-bond acceptors (Lipinski definition) is 4. The third-order valence-electron chi connectivity index (χ3n) is 4.75. The largest absolute Gasteiger partial charge is 0.504 e. The number of H-pyrrole nitrogens is 1. The Balaban J connectivity index is 1.95. The van der Waals surface area contributed by atoms with Gasteiger partial charge in [0.25, 0.3) is 0 Å². The zero-order valence-electron chi connectivity index (χ0n) is 12.4. The van der Waals surface area contributed by atoms with Crippen LogP contribution in [0, 0.1) is 0 Å². The molecule has 0 radical (unpaired) electrons. The van der Waals surface area contributed by atoms with Crippen LogP contribution in [0.3, 0.4) is 0 Å². The molecule has 3 aliphatic heterocycles. The van der Waals surface area contributed by atoms with E-state index in [0.717, 1.165) is 48.4 Å². The zero-order valence-corrected chi connectivity index (χ0v) is 12.4. The average Bonchev–Trinajstić information content (AvgIpc) is 2.55. The molecule has 2 N–H and O–H groups in total. The zero-order chi connectivity index (χ0) is 15.3. The van der Waals surface area contributed by atoms with E-state index in [4.69, 9.17) is 4.74 Å². The fourth-order valence-electron chi connectivity index (χ4n) is 3.67. The van der Waals surface area contributed by atoms with Gasteiger partial charge in [0.05, 0.1) is 12.8 Å². The van der Waals surface area contributed by atoms with E-state index in [9.17, 15) is 9.90 Å². The van der Waals surface area contributed by atoms with E-state index >= 15 is 0 Å². The number of phenolic OH excluding ortho intramolecular Hbond substituents is 1. The number of piperidine rings is 1. The topological polar surface area (TPSA) is 65.6 Å². The van der Waals surface area contributed by atoms with Crippen LogP contribution in [0.5, 0.6) is 11.5 Å². The number of phenols is 1. The van der Waals surface area contributed by atoms with Crippen molar-refractivity contribution in [3.63, 3.8) is 0 Å². The molecule has 4 heterocycles. The quantitative estimate of drug-likeness (QED) is 0.894. The molecule has 5 nitrogen and oxygen atoms in total. The van der Waals surface area contributed by atoms with Crippen molar-refractivity contribution in [2.45, 2.75) is 18.8 Å². The summed E-state index contributed by atoms with van der Waals surface area (Å²) in [5.74, 6) is 0.973. The lowest BCUT2D eigenvalue weighted by Crippen LogP contribution is -2.40. The number of fused-ring (bicyclic) bond motifs is 2. The van der Waals surface area contributed by atoms with Crippen LogP contribution in [0.4, 0.5) is 5.69 Å². The Kier molecular flexibility index (Phi) is 2.89. The van der Waals surface area contributed by atoms with Gasteiger partial charge in [-0.1, -0.05) is 6.07 Å². The van der Waals surface area contributed by atoms with Crippen molar-refractivity contribution < 1.29 is 9.84 Å². The van der Waals surface area contributed by atoms with Gasteiger partial charge in [-0.2, -0.15) is 0 Å². The van der Waals surface area contributed by atoms with E-state index in [1.807, 2.05) is 6.07 Å². The van der Waals surface area contributed by atoms with E-state index in [0.29, 0.717) is 11.7 Å². The average molecular weight is 298 g/mol. The van der Waals surface area contributed by atoms with E-state index in [2.05, 4.69) is 9.88 Å². The number of hydrogen-bond donors (Lipinski definition) is 2. The lowest BCUT2D eigenvalue weighted by atomic mass is 9.84. The number of aromatic amines is 1. The van der Waals surface area contributed by atoms with Gasteiger partial charge in [0.2, 0.25) is 5.56 Å². The minimum Gasteiger partial charge on any atom is -0.504 e. The standard InChI is InChI=1S/C17H18N2O3/c1-22-14-8-11(2-3-13(14)20)12-9-15(21)18-16-10-4-6-19(7-5-10)17(12)16/h2-3,8-10,20H,4-7H2,1H3,(H,18,21). The summed E-state index contributed by atoms with van der Waals surface area (Å²) in [5.41, 5.74) is 3.93. The van der Waals surface area contributed by atoms with Crippen LogP contribution in [0.1, 0.15) is 24.5 Å². The molecule has 0 amide bonds. The Morgan fingerprint density at radius 3 is 2.77 bits per heavy atom. The number of nitrogens with one attached hydrogen (secondary N) is 1. The van der Waals surface area contributed by atoms with Gasteiger partial charge in [-0.25, -0.2) is 0 Å². The van der Waals surface area contributed by atoms with E-state index in [1.54, 1.807) is 18.2 Å². The lowest BCUT2D eigenvalue weighted by molar-refractivity contribution is 0.373. The van der Waals surface area contributed by atoms with Crippen molar-refractivity contribution in [3.8, 4) is 22.6 Å². The fourth-order valence-corrected chi connectivity index (χ4v) is 3.67. The molecule has 0 aliphatic carbocycles. The van der Waals surface area contributed by atoms with Crippen molar-refractivity contribution in [1.82, 2.24) is 4.98 Å². The first kappa shape index (κ1) is 13.2. The van der Waals surface area contributed by atoms with Gasteiger partial charge in [0.1, 0.15) is 0 Å². The molecule has 0 spiro atoms. The second-order valence-corrected chi connectivity index (χ2v) is 5.96. The van der Waals surface area contributed by atoms with Crippen molar-refractivity contribution in [1.29, 1.82) is 0 Å². The Morgan fingerprint density at radius 2 is 2.05 bits per heavy atom. The number of pyridine rings is 1. The normalized spacial score (nSPS) is 16.7. The minimum atomic E-state index is -0.0745. The highest BCUT2D eigenvalue weighted by Gasteiger charge is 2.33. The van der Waals surface area contributed by atoms with Crippen LogP contribution in [0.15, 0.2) is 29.1 Å². The minimum absolute atomic E-state index is 0.0745. The summed E-state index contributed by atoms with van der Waals surface area (Å²) in [5, 5.41) is 9.78. The molecule has 114 valence electrons. The number of methoxy groups -OCH3 is 1. The number of aromatic hydroxyl groups is 1. The predicted molar refractivity (Wildman–Crippen MR) is 84.9 cm³/mol. The molecule has 0 atom stereocenters. The monoisotopic (exact) mass is 298 g/mol. The number of nitrogens with zero attached hydrogens (tertiary/aromatic N) is 1. The van der Waals surface area contributed by atoms with Crippen LogP contribution in [-0.4, -0.2) is 30.3 Å². The molecule has 5 heteroatoms. The predicted octanol–water partition coefficient (Wildman–Crippen LogP) is 2.45. The van der Waals surface area contributed by atoms with Gasteiger partial charge in [-0.3, -0.25) is 4.79 Å². The van der Waals surface area contributed by atoms with Gasteiger partial charge in [-0.15, -0.1) is 0 Å². The van der Waals surface area contributed by atoms with Gasteiger partial charge >= 0.3 is 0 Å². The summed E-state index contributed by atoms with van der Waals surface area (Å²) in [6.45, 7) is 2.07. The van der Waals surface area contributed by atoms with Gasteiger partial charge in [0.15, 0.2) is 11.5 Å². The summed E-state index contributed by atoms with van der Waals surface area (Å²) >= 11 is 0. The smallest absolute Gasteiger partial charge is 0.248 e. The molecule has 1 fully saturated rings. The van der Waals surface area contributed by atoms with Crippen molar-refractivity contribution >= 4 is 5.69 Å². The second kappa shape index (κ2) is 4.80. The molecule has 1 aromatic heterocycles. The van der Waals surface area contributed by atoms with Crippen LogP contribution in [-0.2, 0) is 0 Å². The summed E-state index contributed by atoms with van der Waals surface area (Å²) in [6.07, 6.45) is 2.20. The van der Waals surface area contributed by atoms with Crippen LogP contribution in [0.2, 0.25) is 0 Å². The molecule has 5 rings (SSSR count). The fraction of sp³-hybridized carbons (Fsp3) is 0.353. The van der Waals surface area contributed by atoms with Crippen molar-refractivity contribution in [3.05, 3.63) is 40.3 Å². The molecule has 3 aliphatic rings. The molecule has 0 saturated carbocycles. The Bertz CT molecular complexity index is 789. The molecular weight excluding hydrogens is 280 g/mol. The molecule has 0 unspecified atom stereocenters. The van der Waals surface area contributed by atoms with Gasteiger partial charge in [0, 0.05) is 36.3 Å². The number of benzene rings is 1. The third kappa shape index (κ3) is 1.89. The molecule has 2 bridgehead atoms. The Morgan fingerprint density at radius 1 is 1.27 bits per heavy atom. The number of ether oxygens (including phenoxy) is 1. The molecular formula is C17H18N2O3. The summed E-state index contributed by atoms with van der Waals surface area (Å²) in [7, 11) is 1.53. The maximum absolute atomic E-state index is 12.1. The van der Waals surface area contributed by atoms with E-state index < -0.39 is 0 Å². The molecule has 1 saturated heterocycles. The van der Waals surface area contributed by atoms with Crippen molar-refractivity contribution in [2.24, 2.45) is 0 Å². The highest BCUT2D eigenvalue weighted by molar-refractivity contribution is 5.82. The number of aromatic nitrogens is 1. The van der Waals surface area contributed by atoms with E-state index in [1.165, 1.54) is 7.11 Å². The van der Waals surface area contributed by atoms with Crippen LogP contribution in [0.25, 0.3) is 11.1 Å². The van der Waals surface area contributed by atoms with Crippen LogP contribution >= 0.6 is 0 Å². The third-order valence-corrected chi connectivity index (χ3v) is 4.75. The summed E-state index contributed by atoms with van der Waals surface area (Å²) < 4.78 is 5.19. The van der Waals surface area contributed by atoms with Gasteiger partial charge < -0.3 is 19.7 Å². The van der Waals surface area contributed by atoms with Crippen molar-refractivity contribution in [2.75, 3.05) is 25.1 Å². The Hall–Kier alpha value is -2.43. The summed E-state index contributed by atoms with van der Waals surface area (Å²) in [4.78, 5) is 17.5. The number of anilines is 1. The Labute approximate surface area is 128 Å². The highest BCUT2D eigenvalue weighted by atomic mass is 16.5. The number of rotatable bonds is 2. The molecule has 1 aromatic carbocycles. The first-order chi connectivity index (χ1) is 10.7. The first-order valence-electron chi connectivity index (χ1n) is 7.57. The molecule has 2 aromatic rings.